The number of anilines is 1. The van der Waals surface area contributed by atoms with E-state index < -0.39 is 28.4 Å². The summed E-state index contributed by atoms with van der Waals surface area (Å²) in [4.78, 5) is 29.1. The summed E-state index contributed by atoms with van der Waals surface area (Å²) in [6, 6.07) is 12.2. The zero-order valence-corrected chi connectivity index (χ0v) is 22.0. The van der Waals surface area contributed by atoms with Crippen LogP contribution in [0.1, 0.15) is 48.1 Å². The van der Waals surface area contributed by atoms with Crippen LogP contribution in [0.15, 0.2) is 53.4 Å². The van der Waals surface area contributed by atoms with Crippen LogP contribution in [0.5, 0.6) is 0 Å². The predicted molar refractivity (Wildman–Crippen MR) is 136 cm³/mol. The Balaban J connectivity index is 1.75. The maximum absolute atomic E-state index is 13.1. The largest absolute Gasteiger partial charge is 0.366 e. The molecule has 0 aromatic heterocycles. The lowest BCUT2D eigenvalue weighted by Gasteiger charge is -2.27. The molecule has 0 radical (unpaired) electrons. The summed E-state index contributed by atoms with van der Waals surface area (Å²) in [5.41, 5.74) is 1.79. The molecule has 2 amide bonds. The fraction of sp³-hybridized carbons (Fsp3) is 0.462. The second-order valence-corrected chi connectivity index (χ2v) is 11.4. The Kier molecular flexibility index (Phi) is 9.61. The molecule has 2 atom stereocenters. The molecule has 1 heterocycles. The van der Waals surface area contributed by atoms with E-state index in [1.165, 1.54) is 17.0 Å². The smallest absolute Gasteiger partial charge is 0.345 e. The highest BCUT2D eigenvalue weighted by Gasteiger charge is 2.26. The first-order chi connectivity index (χ1) is 17.5. The molecule has 8 nitrogen and oxygen atoms in total. The van der Waals surface area contributed by atoms with Crippen molar-refractivity contribution >= 4 is 27.3 Å². The zero-order chi connectivity index (χ0) is 27.2. The normalized spacial score (nSPS) is 16.6. The van der Waals surface area contributed by atoms with Gasteiger partial charge < -0.3 is 19.9 Å². The van der Waals surface area contributed by atoms with Crippen LogP contribution in [0.2, 0.25) is 0 Å². The molecule has 2 aromatic carbocycles. The maximum Gasteiger partial charge on any atom is 0.345 e. The minimum absolute atomic E-state index is 0.00368. The van der Waals surface area contributed by atoms with Gasteiger partial charge in [0.15, 0.2) is 9.84 Å². The summed E-state index contributed by atoms with van der Waals surface area (Å²) in [6.07, 6.45) is 1.60. The Morgan fingerprint density at radius 3 is 2.32 bits per heavy atom. The van der Waals surface area contributed by atoms with Gasteiger partial charge in [0.1, 0.15) is 0 Å². The second-order valence-electron chi connectivity index (χ2n) is 9.12. The number of rotatable bonds is 11. The third-order valence-electron chi connectivity index (χ3n) is 6.46. The monoisotopic (exact) mass is 537 g/mol. The molecule has 1 fully saturated rings. The van der Waals surface area contributed by atoms with Crippen LogP contribution in [-0.4, -0.2) is 70.8 Å². The number of hydrogen-bond acceptors (Lipinski definition) is 6. The van der Waals surface area contributed by atoms with Gasteiger partial charge in [-0.1, -0.05) is 19.1 Å². The highest BCUT2D eigenvalue weighted by molar-refractivity contribution is 7.91. The predicted octanol–water partition coefficient (Wildman–Crippen LogP) is 3.64. The van der Waals surface area contributed by atoms with Gasteiger partial charge >= 0.3 is 6.61 Å². The maximum atomic E-state index is 13.1. The van der Waals surface area contributed by atoms with Crippen LogP contribution < -0.4 is 10.2 Å². The minimum Gasteiger partial charge on any atom is -0.366 e. The number of ether oxygens (including phenoxy) is 1. The summed E-state index contributed by atoms with van der Waals surface area (Å²) in [5.74, 6) is -0.622. The fourth-order valence-electron chi connectivity index (χ4n) is 4.26. The molecular formula is C26H33F2N3O5S. The van der Waals surface area contributed by atoms with Gasteiger partial charge in [0.25, 0.3) is 5.91 Å². The highest BCUT2D eigenvalue weighted by Crippen LogP contribution is 2.27. The Bertz CT molecular complexity index is 1170. The van der Waals surface area contributed by atoms with E-state index in [4.69, 9.17) is 0 Å². The molecular weight excluding hydrogens is 504 g/mol. The topological polar surface area (TPSA) is 96.0 Å². The van der Waals surface area contributed by atoms with Crippen LogP contribution in [0.4, 0.5) is 14.5 Å². The molecule has 1 N–H and O–H groups in total. The van der Waals surface area contributed by atoms with Crippen molar-refractivity contribution in [1.82, 2.24) is 10.2 Å². The first kappa shape index (κ1) is 28.5. The third kappa shape index (κ3) is 7.48. The number of nitrogens with zero attached hydrogens (tertiary/aromatic N) is 2. The standard InChI is InChI=1S/C26H33F2N3O5S/c1-4-37(34,35)22-13-9-18(10-14-22)23(16-24(32)30(2)3)29-25(33)19-7-11-20(12-8-19)31-15-5-6-21(31)17-36-26(27)28/h7-14,21,23,26H,4-6,15-17H2,1-3H3,(H,29,33)/t21-,23-/m0/s1. The SMILES string of the molecule is CCS(=O)(=O)c1ccc([C@H](CC(=O)N(C)C)NC(=O)c2ccc(N3CCC[C@H]3COC(F)F)cc2)cc1. The van der Waals surface area contributed by atoms with E-state index in [2.05, 4.69) is 10.1 Å². The van der Waals surface area contributed by atoms with Crippen LogP contribution >= 0.6 is 0 Å². The molecule has 0 aliphatic carbocycles. The number of halogens is 2. The molecule has 0 spiro atoms. The Morgan fingerprint density at radius 2 is 1.76 bits per heavy atom. The molecule has 3 rings (SSSR count). The second kappa shape index (κ2) is 12.5. The van der Waals surface area contributed by atoms with Crippen LogP contribution in [0.3, 0.4) is 0 Å². The number of carbonyl (C=O) groups is 2. The van der Waals surface area contributed by atoms with Crippen molar-refractivity contribution < 1.29 is 31.5 Å². The summed E-state index contributed by atoms with van der Waals surface area (Å²) in [6.45, 7) is -0.608. The molecule has 0 unspecified atom stereocenters. The molecule has 0 bridgehead atoms. The van der Waals surface area contributed by atoms with Crippen molar-refractivity contribution in [2.24, 2.45) is 0 Å². The molecule has 1 saturated heterocycles. The Hall–Kier alpha value is -3.05. The number of alkyl halides is 2. The van der Waals surface area contributed by atoms with Crippen molar-refractivity contribution in [3.05, 3.63) is 59.7 Å². The van der Waals surface area contributed by atoms with E-state index in [1.807, 2.05) is 4.90 Å². The van der Waals surface area contributed by atoms with Crippen LogP contribution in [0, 0.1) is 0 Å². The molecule has 202 valence electrons. The van der Waals surface area contributed by atoms with Gasteiger partial charge in [-0.2, -0.15) is 8.78 Å². The number of hydrogen-bond donors (Lipinski definition) is 1. The lowest BCUT2D eigenvalue weighted by Crippen LogP contribution is -2.34. The van der Waals surface area contributed by atoms with Gasteiger partial charge in [-0.15, -0.1) is 0 Å². The third-order valence-corrected chi connectivity index (χ3v) is 8.21. The Labute approximate surface area is 216 Å². The van der Waals surface area contributed by atoms with E-state index in [9.17, 15) is 26.8 Å². The molecule has 1 aliphatic heterocycles. The van der Waals surface area contributed by atoms with Crippen molar-refractivity contribution in [3.8, 4) is 0 Å². The lowest BCUT2D eigenvalue weighted by atomic mass is 10.0. The van der Waals surface area contributed by atoms with Gasteiger partial charge in [-0.05, 0) is 54.8 Å². The lowest BCUT2D eigenvalue weighted by molar-refractivity contribution is -0.131. The first-order valence-corrected chi connectivity index (χ1v) is 13.8. The molecule has 0 saturated carbocycles. The summed E-state index contributed by atoms with van der Waals surface area (Å²) in [5, 5.41) is 2.89. The van der Waals surface area contributed by atoms with Crippen molar-refractivity contribution in [3.63, 3.8) is 0 Å². The molecule has 1 aliphatic rings. The van der Waals surface area contributed by atoms with E-state index in [0.717, 1.165) is 18.5 Å². The summed E-state index contributed by atoms with van der Waals surface area (Å²) >= 11 is 0. The molecule has 11 heteroatoms. The summed E-state index contributed by atoms with van der Waals surface area (Å²) in [7, 11) is -0.138. The van der Waals surface area contributed by atoms with Gasteiger partial charge in [-0.25, -0.2) is 8.42 Å². The zero-order valence-electron chi connectivity index (χ0n) is 21.2. The number of carbonyl (C=O) groups excluding carboxylic acids is 2. The average Bonchev–Trinajstić information content (AvgIpc) is 3.35. The van der Waals surface area contributed by atoms with E-state index in [-0.39, 0.29) is 35.6 Å². The van der Waals surface area contributed by atoms with Gasteiger partial charge in [0, 0.05) is 31.9 Å². The molecule has 2 aromatic rings. The van der Waals surface area contributed by atoms with E-state index in [0.29, 0.717) is 17.7 Å². The number of nitrogens with one attached hydrogen (secondary N) is 1. The van der Waals surface area contributed by atoms with Gasteiger partial charge in [0.05, 0.1) is 35.8 Å². The minimum atomic E-state index is -3.38. The van der Waals surface area contributed by atoms with Crippen molar-refractivity contribution in [1.29, 1.82) is 0 Å². The highest BCUT2D eigenvalue weighted by atomic mass is 32.2. The van der Waals surface area contributed by atoms with Crippen LogP contribution in [-0.2, 0) is 19.4 Å². The van der Waals surface area contributed by atoms with Crippen LogP contribution in [0.25, 0.3) is 0 Å². The Morgan fingerprint density at radius 1 is 1.11 bits per heavy atom. The molecule has 37 heavy (non-hydrogen) atoms. The number of amides is 2. The number of sulfone groups is 1. The van der Waals surface area contributed by atoms with Crippen molar-refractivity contribution in [2.45, 2.75) is 49.8 Å². The fourth-order valence-corrected chi connectivity index (χ4v) is 5.15. The van der Waals surface area contributed by atoms with E-state index >= 15 is 0 Å². The average molecular weight is 538 g/mol. The first-order valence-electron chi connectivity index (χ1n) is 12.1. The van der Waals surface area contributed by atoms with E-state index in [1.54, 1.807) is 57.4 Å². The quantitative estimate of drug-likeness (QED) is 0.470. The van der Waals surface area contributed by atoms with Crippen molar-refractivity contribution in [2.75, 3.05) is 37.9 Å². The van der Waals surface area contributed by atoms with Gasteiger partial charge in [0.2, 0.25) is 5.91 Å². The number of benzene rings is 2. The van der Waals surface area contributed by atoms with Gasteiger partial charge in [-0.3, -0.25) is 9.59 Å². The summed E-state index contributed by atoms with van der Waals surface area (Å²) < 4.78 is 53.7.